The Balaban J connectivity index is 1.73. The number of nitrogens with zero attached hydrogens (tertiary/aromatic N) is 1. The van der Waals surface area contributed by atoms with E-state index in [1.807, 2.05) is 25.1 Å². The first-order valence-corrected chi connectivity index (χ1v) is 6.86. The molecular weight excluding hydrogens is 288 g/mol. The van der Waals surface area contributed by atoms with Gasteiger partial charge in [-0.25, -0.2) is 4.79 Å². The van der Waals surface area contributed by atoms with E-state index in [4.69, 9.17) is 16.3 Å². The summed E-state index contributed by atoms with van der Waals surface area (Å²) in [4.78, 5) is 12.1. The van der Waals surface area contributed by atoms with Crippen molar-refractivity contribution in [3.05, 3.63) is 64.3 Å². The summed E-state index contributed by atoms with van der Waals surface area (Å²) in [6.07, 6.45) is 1.74. The second-order valence-corrected chi connectivity index (χ2v) is 5.26. The lowest BCUT2D eigenvalue weighted by atomic mass is 10.1. The molecule has 0 aliphatic rings. The first kappa shape index (κ1) is 13.6. The number of ether oxygens (including phenoxy) is 1. The number of halogens is 1. The number of aromatic amines is 1. The Hall–Kier alpha value is -2.33. The van der Waals surface area contributed by atoms with Crippen LogP contribution in [0.25, 0.3) is 10.9 Å². The van der Waals surface area contributed by atoms with Gasteiger partial charge in [0.25, 0.3) is 0 Å². The maximum Gasteiger partial charge on any atom is 0.338 e. The standard InChI is InChI=1S/C16H13ClN2O2/c1-10-6-13(17)3-4-14(10)16(20)21-9-11-2-5-15-12(7-11)8-18-19-15/h2-8H,9H2,1H3,(H,18,19). The fourth-order valence-corrected chi connectivity index (χ4v) is 2.39. The van der Waals surface area contributed by atoms with Crippen LogP contribution in [0.4, 0.5) is 0 Å². The third-order valence-electron chi connectivity index (χ3n) is 3.28. The van der Waals surface area contributed by atoms with Crippen LogP contribution in [0.3, 0.4) is 0 Å². The van der Waals surface area contributed by atoms with Gasteiger partial charge in [0, 0.05) is 10.4 Å². The van der Waals surface area contributed by atoms with Gasteiger partial charge < -0.3 is 4.74 Å². The van der Waals surface area contributed by atoms with Gasteiger partial charge in [0.2, 0.25) is 0 Å². The number of benzene rings is 2. The van der Waals surface area contributed by atoms with Gasteiger partial charge in [0.05, 0.1) is 17.3 Å². The van der Waals surface area contributed by atoms with E-state index in [1.54, 1.807) is 24.4 Å². The first-order chi connectivity index (χ1) is 10.1. The molecule has 0 saturated heterocycles. The van der Waals surface area contributed by atoms with E-state index in [0.717, 1.165) is 22.0 Å². The largest absolute Gasteiger partial charge is 0.457 e. The van der Waals surface area contributed by atoms with Crippen molar-refractivity contribution in [2.45, 2.75) is 13.5 Å². The average Bonchev–Trinajstić information content (AvgIpc) is 2.92. The molecule has 0 spiro atoms. The number of esters is 1. The van der Waals surface area contributed by atoms with Gasteiger partial charge in [-0.2, -0.15) is 5.10 Å². The first-order valence-electron chi connectivity index (χ1n) is 6.49. The SMILES string of the molecule is Cc1cc(Cl)ccc1C(=O)OCc1ccc2[nH]ncc2c1. The summed E-state index contributed by atoms with van der Waals surface area (Å²) >= 11 is 5.88. The molecule has 0 aliphatic carbocycles. The highest BCUT2D eigenvalue weighted by Crippen LogP contribution is 2.18. The van der Waals surface area contributed by atoms with Gasteiger partial charge in [-0.3, -0.25) is 5.10 Å². The van der Waals surface area contributed by atoms with Crippen molar-refractivity contribution in [1.29, 1.82) is 0 Å². The van der Waals surface area contributed by atoms with Crippen molar-refractivity contribution in [1.82, 2.24) is 10.2 Å². The van der Waals surface area contributed by atoms with E-state index in [9.17, 15) is 4.79 Å². The predicted molar refractivity (Wildman–Crippen MR) is 81.4 cm³/mol. The minimum atomic E-state index is -0.351. The van der Waals surface area contributed by atoms with Gasteiger partial charge in [-0.15, -0.1) is 0 Å². The van der Waals surface area contributed by atoms with Crippen LogP contribution in [0.15, 0.2) is 42.6 Å². The molecule has 0 amide bonds. The van der Waals surface area contributed by atoms with Crippen LogP contribution in [0.5, 0.6) is 0 Å². The van der Waals surface area contributed by atoms with Crippen molar-refractivity contribution in [2.24, 2.45) is 0 Å². The highest BCUT2D eigenvalue weighted by Gasteiger charge is 2.11. The summed E-state index contributed by atoms with van der Waals surface area (Å²) in [5, 5.41) is 8.44. The van der Waals surface area contributed by atoms with Crippen molar-refractivity contribution in [3.63, 3.8) is 0 Å². The topological polar surface area (TPSA) is 55.0 Å². The number of carbonyl (C=O) groups excluding carboxylic acids is 1. The Morgan fingerprint density at radius 3 is 2.95 bits per heavy atom. The molecule has 0 atom stereocenters. The van der Waals surface area contributed by atoms with Gasteiger partial charge >= 0.3 is 5.97 Å². The molecule has 0 unspecified atom stereocenters. The maximum atomic E-state index is 12.1. The molecule has 5 heteroatoms. The summed E-state index contributed by atoms with van der Waals surface area (Å²) in [5.41, 5.74) is 3.21. The van der Waals surface area contributed by atoms with Crippen LogP contribution >= 0.6 is 11.6 Å². The molecule has 1 aromatic heterocycles. The minimum absolute atomic E-state index is 0.224. The van der Waals surface area contributed by atoms with E-state index in [0.29, 0.717) is 10.6 Å². The molecule has 3 aromatic rings. The minimum Gasteiger partial charge on any atom is -0.457 e. The number of nitrogens with one attached hydrogen (secondary N) is 1. The molecule has 106 valence electrons. The molecule has 4 nitrogen and oxygen atoms in total. The molecule has 0 fully saturated rings. The number of rotatable bonds is 3. The van der Waals surface area contributed by atoms with Crippen LogP contribution in [0.1, 0.15) is 21.5 Å². The normalized spacial score (nSPS) is 10.8. The lowest BCUT2D eigenvalue weighted by molar-refractivity contribution is 0.0472. The van der Waals surface area contributed by atoms with Crippen molar-refractivity contribution in [3.8, 4) is 0 Å². The zero-order valence-corrected chi connectivity index (χ0v) is 12.1. The second kappa shape index (κ2) is 5.58. The van der Waals surface area contributed by atoms with Gasteiger partial charge in [0.1, 0.15) is 6.61 Å². The summed E-state index contributed by atoms with van der Waals surface area (Å²) in [5.74, 6) is -0.351. The molecule has 1 heterocycles. The molecule has 2 aromatic carbocycles. The van der Waals surface area contributed by atoms with E-state index in [1.165, 1.54) is 0 Å². The molecule has 0 aliphatic heterocycles. The molecular formula is C16H13ClN2O2. The smallest absolute Gasteiger partial charge is 0.338 e. The van der Waals surface area contributed by atoms with Gasteiger partial charge in [-0.1, -0.05) is 17.7 Å². The third kappa shape index (κ3) is 2.90. The number of hydrogen-bond donors (Lipinski definition) is 1. The van der Waals surface area contributed by atoms with E-state index in [2.05, 4.69) is 10.2 Å². The summed E-state index contributed by atoms with van der Waals surface area (Å²) in [7, 11) is 0. The van der Waals surface area contributed by atoms with Crippen molar-refractivity contribution in [2.75, 3.05) is 0 Å². The summed E-state index contributed by atoms with van der Waals surface area (Å²) in [6, 6.07) is 10.9. The highest BCUT2D eigenvalue weighted by molar-refractivity contribution is 6.30. The van der Waals surface area contributed by atoms with E-state index in [-0.39, 0.29) is 12.6 Å². The zero-order valence-electron chi connectivity index (χ0n) is 11.4. The number of carbonyl (C=O) groups is 1. The molecule has 21 heavy (non-hydrogen) atoms. The van der Waals surface area contributed by atoms with Crippen LogP contribution in [0.2, 0.25) is 5.02 Å². The molecule has 1 N–H and O–H groups in total. The van der Waals surface area contributed by atoms with Gasteiger partial charge in [0.15, 0.2) is 0 Å². The Labute approximate surface area is 126 Å². The fourth-order valence-electron chi connectivity index (χ4n) is 2.16. The maximum absolute atomic E-state index is 12.1. The van der Waals surface area contributed by atoms with Crippen LogP contribution in [-0.4, -0.2) is 16.2 Å². The molecule has 0 radical (unpaired) electrons. The van der Waals surface area contributed by atoms with Crippen molar-refractivity contribution >= 4 is 28.5 Å². The van der Waals surface area contributed by atoms with E-state index < -0.39 is 0 Å². The molecule has 3 rings (SSSR count). The number of fused-ring (bicyclic) bond motifs is 1. The molecule has 0 bridgehead atoms. The number of aryl methyl sites for hydroxylation is 1. The van der Waals surface area contributed by atoms with Crippen LogP contribution in [0, 0.1) is 6.92 Å². The van der Waals surface area contributed by atoms with Crippen LogP contribution < -0.4 is 0 Å². The Morgan fingerprint density at radius 2 is 2.14 bits per heavy atom. The highest BCUT2D eigenvalue weighted by atomic mass is 35.5. The quantitative estimate of drug-likeness (QED) is 0.747. The number of H-pyrrole nitrogens is 1. The lowest BCUT2D eigenvalue weighted by Gasteiger charge is -2.07. The van der Waals surface area contributed by atoms with Crippen LogP contribution in [-0.2, 0) is 11.3 Å². The Kier molecular flexibility index (Phi) is 3.62. The van der Waals surface area contributed by atoms with Crippen molar-refractivity contribution < 1.29 is 9.53 Å². The second-order valence-electron chi connectivity index (χ2n) is 4.83. The summed E-state index contributed by atoms with van der Waals surface area (Å²) in [6.45, 7) is 2.06. The van der Waals surface area contributed by atoms with E-state index >= 15 is 0 Å². The Bertz CT molecular complexity index is 811. The van der Waals surface area contributed by atoms with Gasteiger partial charge in [-0.05, 0) is 48.4 Å². The fraction of sp³-hybridized carbons (Fsp3) is 0.125. The monoisotopic (exact) mass is 300 g/mol. The Morgan fingerprint density at radius 1 is 1.29 bits per heavy atom. The number of aromatic nitrogens is 2. The average molecular weight is 301 g/mol. The lowest BCUT2D eigenvalue weighted by Crippen LogP contribution is -2.07. The summed E-state index contributed by atoms with van der Waals surface area (Å²) < 4.78 is 5.35. The predicted octanol–water partition coefficient (Wildman–Crippen LogP) is 3.88. The zero-order chi connectivity index (χ0) is 14.8. The number of hydrogen-bond acceptors (Lipinski definition) is 3. The molecule has 0 saturated carbocycles. The third-order valence-corrected chi connectivity index (χ3v) is 3.52.